The smallest absolute Gasteiger partial charge is 0.421 e. The van der Waals surface area contributed by atoms with Crippen LogP contribution in [0.15, 0.2) is 65.4 Å². The number of nitrogens with one attached hydrogen (secondary N) is 2. The molecular formula is C32H31N6O6+. The van der Waals surface area contributed by atoms with Crippen molar-refractivity contribution >= 4 is 40.2 Å². The molecular weight excluding hydrogens is 564 g/mol. The van der Waals surface area contributed by atoms with Crippen LogP contribution in [0.3, 0.4) is 0 Å². The summed E-state index contributed by atoms with van der Waals surface area (Å²) in [5.74, 6) is 1.61. The number of aryl methyl sites for hydroxylation is 1. The number of rotatable bonds is 5. The van der Waals surface area contributed by atoms with Crippen LogP contribution in [-0.4, -0.2) is 45.0 Å². The number of phenols is 1. The minimum Gasteiger partial charge on any atom is -0.508 e. The van der Waals surface area contributed by atoms with E-state index in [1.807, 2.05) is 41.9 Å². The normalized spacial score (nSPS) is 19.0. The van der Waals surface area contributed by atoms with Gasteiger partial charge < -0.3 is 24.3 Å². The second kappa shape index (κ2) is 9.56. The van der Waals surface area contributed by atoms with Gasteiger partial charge in [-0.05, 0) is 80.8 Å². The number of aromatic hydroxyl groups is 1. The molecule has 1 aliphatic carbocycles. The number of ether oxygens (including phenoxy) is 2. The van der Waals surface area contributed by atoms with Crippen LogP contribution in [0.25, 0.3) is 22.5 Å². The third-order valence-electron chi connectivity index (χ3n) is 8.13. The molecule has 5 aromatic rings. The lowest BCUT2D eigenvalue weighted by Crippen LogP contribution is -2.41. The minimum atomic E-state index is -0.973. The third kappa shape index (κ3) is 4.24. The van der Waals surface area contributed by atoms with E-state index in [-0.39, 0.29) is 17.6 Å². The van der Waals surface area contributed by atoms with Crippen LogP contribution in [0.5, 0.6) is 11.5 Å². The molecule has 7 rings (SSSR count). The van der Waals surface area contributed by atoms with Gasteiger partial charge in [0.2, 0.25) is 12.1 Å². The Morgan fingerprint density at radius 1 is 1.18 bits per heavy atom. The fourth-order valence-electron chi connectivity index (χ4n) is 6.05. The SMILES string of the molecule is COc1ccc(-c2occ[n+]2C)nc1Nc1n[nH]c2cc([C@@H]3C[C@@]34C(=O)N(C(=O)OC(C)(C)C)c3ccc(O)cc34)ccc12. The number of oxazole rings is 1. The summed E-state index contributed by atoms with van der Waals surface area (Å²) < 4.78 is 18.5. The van der Waals surface area contributed by atoms with E-state index >= 15 is 0 Å². The monoisotopic (exact) mass is 595 g/mol. The maximum absolute atomic E-state index is 13.9. The average Bonchev–Trinajstić information content (AvgIpc) is 3.25. The zero-order valence-electron chi connectivity index (χ0n) is 24.8. The first kappa shape index (κ1) is 27.4. The van der Waals surface area contributed by atoms with E-state index in [1.54, 1.807) is 52.5 Å². The molecule has 0 bridgehead atoms. The highest BCUT2D eigenvalue weighted by Gasteiger charge is 2.68. The average molecular weight is 596 g/mol. The van der Waals surface area contributed by atoms with Crippen LogP contribution in [0.4, 0.5) is 22.1 Å². The molecule has 1 spiro atoms. The highest BCUT2D eigenvalue weighted by Crippen LogP contribution is 2.67. The Balaban J connectivity index is 1.20. The lowest BCUT2D eigenvalue weighted by molar-refractivity contribution is -0.662. The van der Waals surface area contributed by atoms with Crippen LogP contribution < -0.4 is 19.5 Å². The van der Waals surface area contributed by atoms with Crippen molar-refractivity contribution in [1.82, 2.24) is 15.2 Å². The molecule has 12 nitrogen and oxygen atoms in total. The molecule has 0 saturated heterocycles. The molecule has 2 aliphatic rings. The molecule has 1 fully saturated rings. The van der Waals surface area contributed by atoms with Gasteiger partial charge in [-0.2, -0.15) is 9.67 Å². The van der Waals surface area contributed by atoms with E-state index in [4.69, 9.17) is 18.9 Å². The highest BCUT2D eigenvalue weighted by molar-refractivity contribution is 6.23. The van der Waals surface area contributed by atoms with Gasteiger partial charge in [0.05, 0.1) is 23.7 Å². The number of carbonyl (C=O) groups is 2. The Labute approximate surface area is 252 Å². The van der Waals surface area contributed by atoms with Crippen LogP contribution >= 0.6 is 0 Å². The van der Waals surface area contributed by atoms with E-state index < -0.39 is 17.1 Å². The first-order chi connectivity index (χ1) is 21.0. The molecule has 3 aromatic heterocycles. The number of amides is 2. The van der Waals surface area contributed by atoms with Crippen molar-refractivity contribution in [3.63, 3.8) is 0 Å². The van der Waals surface area contributed by atoms with Gasteiger partial charge in [-0.3, -0.25) is 9.89 Å². The number of H-pyrrole nitrogens is 1. The Morgan fingerprint density at radius 3 is 2.73 bits per heavy atom. The minimum absolute atomic E-state index is 0.0289. The molecule has 4 heterocycles. The Kier molecular flexibility index (Phi) is 5.96. The van der Waals surface area contributed by atoms with Gasteiger partial charge in [0.25, 0.3) is 0 Å². The number of anilines is 3. The number of aromatic nitrogens is 4. The maximum Gasteiger partial charge on any atom is 0.421 e. The number of hydrogen-bond donors (Lipinski definition) is 3. The van der Waals surface area contributed by atoms with E-state index in [1.165, 1.54) is 6.07 Å². The molecule has 0 radical (unpaired) electrons. The molecule has 224 valence electrons. The van der Waals surface area contributed by atoms with E-state index in [2.05, 4.69) is 15.5 Å². The van der Waals surface area contributed by atoms with Gasteiger partial charge >= 0.3 is 12.0 Å². The highest BCUT2D eigenvalue weighted by atomic mass is 16.6. The molecule has 44 heavy (non-hydrogen) atoms. The van der Waals surface area contributed by atoms with Gasteiger partial charge in [-0.25, -0.2) is 14.7 Å². The lowest BCUT2D eigenvalue weighted by atomic mass is 9.91. The number of hydrogen-bond acceptors (Lipinski definition) is 9. The van der Waals surface area contributed by atoms with Gasteiger partial charge in [-0.15, -0.1) is 0 Å². The van der Waals surface area contributed by atoms with Gasteiger partial charge in [0.1, 0.15) is 18.4 Å². The molecule has 3 N–H and O–H groups in total. The van der Waals surface area contributed by atoms with E-state index in [9.17, 15) is 14.7 Å². The largest absolute Gasteiger partial charge is 0.508 e. The third-order valence-corrected chi connectivity index (χ3v) is 8.13. The van der Waals surface area contributed by atoms with Crippen molar-refractivity contribution in [2.24, 2.45) is 7.05 Å². The molecule has 0 unspecified atom stereocenters. The fourth-order valence-corrected chi connectivity index (χ4v) is 6.05. The van der Waals surface area contributed by atoms with E-state index in [0.717, 1.165) is 21.4 Å². The molecule has 2 atom stereocenters. The first-order valence-electron chi connectivity index (χ1n) is 14.1. The van der Waals surface area contributed by atoms with Gasteiger partial charge in [-0.1, -0.05) is 6.07 Å². The zero-order chi connectivity index (χ0) is 31.0. The van der Waals surface area contributed by atoms with Crippen molar-refractivity contribution < 1.29 is 33.2 Å². The molecule has 1 aliphatic heterocycles. The number of pyridine rings is 1. The summed E-state index contributed by atoms with van der Waals surface area (Å²) in [6.07, 6.45) is 3.15. The zero-order valence-corrected chi connectivity index (χ0v) is 24.8. The number of methoxy groups -OCH3 is 1. The molecule has 2 amide bonds. The summed E-state index contributed by atoms with van der Waals surface area (Å²) in [5, 5.41) is 22.0. The lowest BCUT2D eigenvalue weighted by Gasteiger charge is -2.24. The number of benzene rings is 2. The van der Waals surface area contributed by atoms with Crippen LogP contribution in [0.1, 0.15) is 44.2 Å². The van der Waals surface area contributed by atoms with Crippen LogP contribution in [-0.2, 0) is 22.0 Å². The van der Waals surface area contributed by atoms with Crippen molar-refractivity contribution in [2.75, 3.05) is 17.3 Å². The second-order valence-electron chi connectivity index (χ2n) is 12.1. The predicted molar refractivity (Wildman–Crippen MR) is 160 cm³/mol. The standard InChI is InChI=1S/C32H30N6O6/c1-31(2,3)44-30(41)38-24-10-7-18(39)15-20(24)32(29(38)40)16-21(32)17-6-8-19-23(14-17)35-36-26(19)34-27-25(42-5)11-9-22(33-27)28-37(4)12-13-43-28/h6-15,21,33,39H,16H2,1-5H3/p+1/t21-,32-/m0/s1. The van der Waals surface area contributed by atoms with Crippen molar-refractivity contribution in [1.29, 1.82) is 0 Å². The van der Waals surface area contributed by atoms with Gasteiger partial charge in [0.15, 0.2) is 29.3 Å². The summed E-state index contributed by atoms with van der Waals surface area (Å²) in [6.45, 7) is 5.26. The number of fused-ring (bicyclic) bond motifs is 3. The topological polar surface area (TPSA) is 147 Å². The molecule has 12 heteroatoms. The summed E-state index contributed by atoms with van der Waals surface area (Å²) in [6, 6.07) is 14.1. The summed E-state index contributed by atoms with van der Waals surface area (Å²) in [4.78, 5) is 32.9. The van der Waals surface area contributed by atoms with Crippen LogP contribution in [0.2, 0.25) is 0 Å². The Bertz CT molecular complexity index is 1970. The van der Waals surface area contributed by atoms with E-state index in [0.29, 0.717) is 46.6 Å². The number of phenolic OH excluding ortho intramolecular Hbond substituents is 1. The number of imide groups is 1. The summed E-state index contributed by atoms with van der Waals surface area (Å²) in [7, 11) is 3.44. The van der Waals surface area contributed by atoms with Gasteiger partial charge in [0, 0.05) is 11.3 Å². The first-order valence-corrected chi connectivity index (χ1v) is 14.1. The van der Waals surface area contributed by atoms with Crippen molar-refractivity contribution in [3.8, 4) is 23.1 Å². The number of aromatic amines is 1. The summed E-state index contributed by atoms with van der Waals surface area (Å²) in [5.41, 5.74) is 1.59. The van der Waals surface area contributed by atoms with Crippen molar-refractivity contribution in [2.45, 2.75) is 44.1 Å². The second-order valence-corrected chi connectivity index (χ2v) is 12.1. The number of carbonyl (C=O) groups excluding carboxylic acids is 2. The fraction of sp³-hybridized carbons (Fsp3) is 0.281. The predicted octanol–water partition coefficient (Wildman–Crippen LogP) is 5.21. The summed E-state index contributed by atoms with van der Waals surface area (Å²) >= 11 is 0. The number of nitrogens with zero attached hydrogens (tertiary/aromatic N) is 4. The maximum atomic E-state index is 13.9. The Morgan fingerprint density at radius 2 is 2.00 bits per heavy atom. The Hall–Kier alpha value is -5.39. The van der Waals surface area contributed by atoms with Crippen molar-refractivity contribution in [3.05, 3.63) is 72.1 Å². The quantitative estimate of drug-likeness (QED) is 0.233. The van der Waals surface area contributed by atoms with Crippen LogP contribution in [0, 0.1) is 0 Å². The molecule has 1 saturated carbocycles. The molecule has 2 aromatic carbocycles.